The lowest BCUT2D eigenvalue weighted by atomic mass is 10.1. The fourth-order valence-electron chi connectivity index (χ4n) is 4.26. The molecule has 1 aliphatic carbocycles. The van der Waals surface area contributed by atoms with Gasteiger partial charge in [0.25, 0.3) is 5.91 Å². The monoisotopic (exact) mass is 429 g/mol. The van der Waals surface area contributed by atoms with Crippen LogP contribution in [-0.4, -0.2) is 19.1 Å². The fraction of sp³-hybridized carbons (Fsp3) is 0.321. The minimum absolute atomic E-state index is 0.0204. The first-order valence-electron chi connectivity index (χ1n) is 11.5. The van der Waals surface area contributed by atoms with Crippen LogP contribution in [0.3, 0.4) is 0 Å². The molecule has 4 nitrogen and oxygen atoms in total. The number of carbonyl (C=O) groups excluding carboxylic acids is 1. The molecule has 4 heteroatoms. The van der Waals surface area contributed by atoms with Gasteiger partial charge in [-0.1, -0.05) is 68.1 Å². The second-order valence-electron chi connectivity index (χ2n) is 8.37. The Kier molecular flexibility index (Phi) is 7.44. The van der Waals surface area contributed by atoms with Gasteiger partial charge in [-0.25, -0.2) is 0 Å². The lowest BCUT2D eigenvalue weighted by Gasteiger charge is -2.17. The van der Waals surface area contributed by atoms with E-state index in [9.17, 15) is 4.79 Å². The highest BCUT2D eigenvalue weighted by atomic mass is 16.5. The molecule has 166 valence electrons. The second-order valence-corrected chi connectivity index (χ2v) is 8.37. The van der Waals surface area contributed by atoms with Gasteiger partial charge in [-0.3, -0.25) is 4.79 Å². The number of amides is 1. The molecule has 0 aromatic heterocycles. The highest BCUT2D eigenvalue weighted by Gasteiger charge is 2.17. The third-order valence-electron chi connectivity index (χ3n) is 6.09. The van der Waals surface area contributed by atoms with Crippen molar-refractivity contribution < 1.29 is 14.3 Å². The average molecular weight is 430 g/mol. The molecule has 3 aromatic carbocycles. The molecule has 1 N–H and O–H groups in total. The first-order chi connectivity index (χ1) is 15.7. The number of nitrogens with one attached hydrogen (secondary N) is 1. The SMILES string of the molecule is COc1ccc(C(=O)NC2CCCCCC2)cc1COc1ccc(-c2ccccc2)cc1. The lowest BCUT2D eigenvalue weighted by molar-refractivity contribution is 0.0933. The summed E-state index contributed by atoms with van der Waals surface area (Å²) in [6.45, 7) is 0.332. The van der Waals surface area contributed by atoms with Crippen molar-refractivity contribution in [3.8, 4) is 22.6 Å². The molecule has 1 aliphatic rings. The van der Waals surface area contributed by atoms with Gasteiger partial charge in [0.15, 0.2) is 0 Å². The number of carbonyl (C=O) groups is 1. The molecule has 0 aliphatic heterocycles. The third-order valence-corrected chi connectivity index (χ3v) is 6.09. The predicted molar refractivity (Wildman–Crippen MR) is 128 cm³/mol. The van der Waals surface area contributed by atoms with E-state index < -0.39 is 0 Å². The van der Waals surface area contributed by atoms with E-state index >= 15 is 0 Å². The summed E-state index contributed by atoms with van der Waals surface area (Å²) >= 11 is 0. The number of benzene rings is 3. The smallest absolute Gasteiger partial charge is 0.251 e. The van der Waals surface area contributed by atoms with Crippen LogP contribution < -0.4 is 14.8 Å². The summed E-state index contributed by atoms with van der Waals surface area (Å²) in [6.07, 6.45) is 7.05. The highest BCUT2D eigenvalue weighted by Crippen LogP contribution is 2.25. The summed E-state index contributed by atoms with van der Waals surface area (Å²) in [4.78, 5) is 12.8. The number of methoxy groups -OCH3 is 1. The van der Waals surface area contributed by atoms with E-state index in [2.05, 4.69) is 29.6 Å². The molecule has 0 heterocycles. The van der Waals surface area contributed by atoms with Crippen LogP contribution in [0.1, 0.15) is 54.4 Å². The summed E-state index contributed by atoms with van der Waals surface area (Å²) in [5.41, 5.74) is 3.82. The Labute approximate surface area is 190 Å². The van der Waals surface area contributed by atoms with E-state index in [4.69, 9.17) is 9.47 Å². The zero-order valence-electron chi connectivity index (χ0n) is 18.7. The predicted octanol–water partition coefficient (Wildman–Crippen LogP) is 6.39. The molecule has 1 fully saturated rings. The van der Waals surface area contributed by atoms with Crippen molar-refractivity contribution in [1.29, 1.82) is 0 Å². The van der Waals surface area contributed by atoms with Crippen LogP contribution in [0, 0.1) is 0 Å². The van der Waals surface area contributed by atoms with Gasteiger partial charge in [-0.2, -0.15) is 0 Å². The summed E-state index contributed by atoms with van der Waals surface area (Å²) in [5, 5.41) is 3.21. The van der Waals surface area contributed by atoms with Crippen molar-refractivity contribution in [2.24, 2.45) is 0 Å². The van der Waals surface area contributed by atoms with Crippen molar-refractivity contribution in [2.75, 3.05) is 7.11 Å². The van der Waals surface area contributed by atoms with E-state index in [0.717, 1.165) is 35.5 Å². The van der Waals surface area contributed by atoms with Crippen LogP contribution in [-0.2, 0) is 6.61 Å². The number of ether oxygens (including phenoxy) is 2. The molecular weight excluding hydrogens is 398 g/mol. The molecule has 4 rings (SSSR count). The normalized spacial score (nSPS) is 14.4. The summed E-state index contributed by atoms with van der Waals surface area (Å²) in [6, 6.07) is 24.1. The largest absolute Gasteiger partial charge is 0.496 e. The number of hydrogen-bond donors (Lipinski definition) is 1. The van der Waals surface area contributed by atoms with E-state index in [0.29, 0.717) is 12.2 Å². The zero-order chi connectivity index (χ0) is 22.2. The van der Waals surface area contributed by atoms with Gasteiger partial charge in [0.05, 0.1) is 7.11 Å². The van der Waals surface area contributed by atoms with Gasteiger partial charge < -0.3 is 14.8 Å². The Morgan fingerprint density at radius 1 is 0.875 bits per heavy atom. The maximum Gasteiger partial charge on any atom is 0.251 e. The van der Waals surface area contributed by atoms with Gasteiger partial charge in [0.2, 0.25) is 0 Å². The Bertz CT molecular complexity index is 1010. The van der Waals surface area contributed by atoms with Crippen molar-refractivity contribution in [2.45, 2.75) is 51.2 Å². The highest BCUT2D eigenvalue weighted by molar-refractivity contribution is 5.94. The van der Waals surface area contributed by atoms with E-state index in [-0.39, 0.29) is 11.9 Å². The molecule has 1 saturated carbocycles. The molecule has 0 saturated heterocycles. The summed E-state index contributed by atoms with van der Waals surface area (Å²) in [5.74, 6) is 1.48. The topological polar surface area (TPSA) is 47.6 Å². The van der Waals surface area contributed by atoms with Gasteiger partial charge in [0, 0.05) is 17.2 Å². The van der Waals surface area contributed by atoms with E-state index in [1.165, 1.54) is 31.2 Å². The van der Waals surface area contributed by atoms with Crippen LogP contribution in [0.15, 0.2) is 72.8 Å². The standard InChI is InChI=1S/C28H31NO3/c1-31-27-18-15-23(28(30)29-25-11-7-2-3-8-12-25)19-24(27)20-32-26-16-13-22(14-17-26)21-9-5-4-6-10-21/h4-6,9-10,13-19,25H,2-3,7-8,11-12,20H2,1H3,(H,29,30). The molecule has 0 spiro atoms. The van der Waals surface area contributed by atoms with Crippen molar-refractivity contribution in [3.63, 3.8) is 0 Å². The zero-order valence-corrected chi connectivity index (χ0v) is 18.7. The van der Waals surface area contributed by atoms with Gasteiger partial charge in [0.1, 0.15) is 18.1 Å². The molecule has 1 amide bonds. The molecule has 0 unspecified atom stereocenters. The molecular formula is C28H31NO3. The summed E-state index contributed by atoms with van der Waals surface area (Å²) in [7, 11) is 1.64. The van der Waals surface area contributed by atoms with Gasteiger partial charge in [-0.05, 0) is 54.3 Å². The van der Waals surface area contributed by atoms with Crippen molar-refractivity contribution in [1.82, 2.24) is 5.32 Å². The van der Waals surface area contributed by atoms with Crippen LogP contribution >= 0.6 is 0 Å². The number of rotatable bonds is 7. The molecule has 0 atom stereocenters. The molecule has 3 aromatic rings. The lowest BCUT2D eigenvalue weighted by Crippen LogP contribution is -2.34. The Morgan fingerprint density at radius 3 is 2.25 bits per heavy atom. The fourth-order valence-corrected chi connectivity index (χ4v) is 4.26. The van der Waals surface area contributed by atoms with Crippen LogP contribution in [0.2, 0.25) is 0 Å². The third kappa shape index (κ3) is 5.70. The van der Waals surface area contributed by atoms with E-state index in [1.807, 2.05) is 48.5 Å². The minimum Gasteiger partial charge on any atom is -0.496 e. The van der Waals surface area contributed by atoms with Crippen LogP contribution in [0.25, 0.3) is 11.1 Å². The Balaban J connectivity index is 1.41. The molecule has 0 radical (unpaired) electrons. The van der Waals surface area contributed by atoms with Gasteiger partial charge >= 0.3 is 0 Å². The minimum atomic E-state index is -0.0204. The first-order valence-corrected chi connectivity index (χ1v) is 11.5. The maximum absolute atomic E-state index is 12.8. The van der Waals surface area contributed by atoms with E-state index in [1.54, 1.807) is 7.11 Å². The Hall–Kier alpha value is -3.27. The first kappa shape index (κ1) is 21.9. The Morgan fingerprint density at radius 2 is 1.56 bits per heavy atom. The average Bonchev–Trinajstić information content (AvgIpc) is 3.12. The van der Waals surface area contributed by atoms with Gasteiger partial charge in [-0.15, -0.1) is 0 Å². The number of hydrogen-bond acceptors (Lipinski definition) is 3. The van der Waals surface area contributed by atoms with Crippen LogP contribution in [0.4, 0.5) is 0 Å². The second kappa shape index (κ2) is 10.9. The maximum atomic E-state index is 12.8. The quantitative estimate of drug-likeness (QED) is 0.443. The van der Waals surface area contributed by atoms with Crippen LogP contribution in [0.5, 0.6) is 11.5 Å². The molecule has 0 bridgehead atoms. The summed E-state index contributed by atoms with van der Waals surface area (Å²) < 4.78 is 11.5. The van der Waals surface area contributed by atoms with Crippen molar-refractivity contribution in [3.05, 3.63) is 83.9 Å². The molecule has 32 heavy (non-hydrogen) atoms. The van der Waals surface area contributed by atoms with Crippen molar-refractivity contribution >= 4 is 5.91 Å².